The summed E-state index contributed by atoms with van der Waals surface area (Å²) in [4.78, 5) is 21.5. The van der Waals surface area contributed by atoms with E-state index in [1.807, 2.05) is 75.4 Å². The van der Waals surface area contributed by atoms with Gasteiger partial charge in [0.15, 0.2) is 5.65 Å². The number of aryl methyl sites for hydroxylation is 1. The maximum absolute atomic E-state index is 13.4. The van der Waals surface area contributed by atoms with E-state index in [-0.39, 0.29) is 12.6 Å². The summed E-state index contributed by atoms with van der Waals surface area (Å²) in [6.07, 6.45) is -3.46. The van der Waals surface area contributed by atoms with Gasteiger partial charge in [-0.25, -0.2) is 9.48 Å². The van der Waals surface area contributed by atoms with E-state index in [0.717, 1.165) is 33.6 Å². The topological polar surface area (TPSA) is 74.3 Å². The van der Waals surface area contributed by atoms with Crippen molar-refractivity contribution in [2.24, 2.45) is 0 Å². The standard InChI is InChI=1S/C26H20F3N5O2.C2H6/c1-16-8-11-19(12-9-16)22-21(18-6-4-3-5-7-18)23-32-33(25(35)34(23)24(31-22)36-2)15-17-10-13-20(30-14-17)26(27,28)29;1-2/h3-14H,15H2,1-2H3;1-2H3. The fourth-order valence-corrected chi connectivity index (χ4v) is 3.94. The van der Waals surface area contributed by atoms with Gasteiger partial charge < -0.3 is 4.74 Å². The summed E-state index contributed by atoms with van der Waals surface area (Å²) in [5.41, 5.74) is 3.06. The smallest absolute Gasteiger partial charge is 0.433 e. The number of hydrogen-bond donors (Lipinski definition) is 0. The van der Waals surface area contributed by atoms with E-state index in [1.165, 1.54) is 17.6 Å². The third-order valence-electron chi connectivity index (χ3n) is 5.72. The molecule has 0 N–H and O–H groups in total. The number of hydrogen-bond acceptors (Lipinski definition) is 5. The number of halogens is 3. The molecule has 3 heterocycles. The highest BCUT2D eigenvalue weighted by atomic mass is 19.4. The quantitative estimate of drug-likeness (QED) is 0.282. The molecule has 0 radical (unpaired) electrons. The Bertz CT molecular complexity index is 1590. The molecule has 0 saturated carbocycles. The van der Waals surface area contributed by atoms with Crippen LogP contribution in [0.4, 0.5) is 13.2 Å². The number of benzene rings is 2. The molecule has 0 bridgehead atoms. The van der Waals surface area contributed by atoms with E-state index in [9.17, 15) is 18.0 Å². The second-order valence-electron chi connectivity index (χ2n) is 8.20. The summed E-state index contributed by atoms with van der Waals surface area (Å²) >= 11 is 0. The van der Waals surface area contributed by atoms with Gasteiger partial charge in [-0.15, -0.1) is 5.10 Å². The van der Waals surface area contributed by atoms with Crippen LogP contribution in [0.3, 0.4) is 0 Å². The van der Waals surface area contributed by atoms with E-state index in [1.54, 1.807) is 0 Å². The molecule has 0 saturated heterocycles. The molecule has 196 valence electrons. The Kier molecular flexibility index (Phi) is 7.61. The van der Waals surface area contributed by atoms with Crippen LogP contribution in [-0.2, 0) is 12.7 Å². The Morgan fingerprint density at radius 3 is 2.18 bits per heavy atom. The maximum Gasteiger partial charge on any atom is 0.433 e. The molecule has 5 aromatic rings. The Labute approximate surface area is 217 Å². The highest BCUT2D eigenvalue weighted by Gasteiger charge is 2.32. The van der Waals surface area contributed by atoms with Gasteiger partial charge in [0.1, 0.15) is 5.69 Å². The average molecular weight is 522 g/mol. The second kappa shape index (κ2) is 10.9. The fraction of sp³-hybridized carbons (Fsp3) is 0.214. The summed E-state index contributed by atoms with van der Waals surface area (Å²) in [7, 11) is 1.41. The lowest BCUT2D eigenvalue weighted by Crippen LogP contribution is -2.23. The molecule has 5 rings (SSSR count). The minimum Gasteiger partial charge on any atom is -0.468 e. The van der Waals surface area contributed by atoms with Gasteiger partial charge in [-0.05, 0) is 24.1 Å². The largest absolute Gasteiger partial charge is 0.468 e. The maximum atomic E-state index is 13.4. The average Bonchev–Trinajstić information content (AvgIpc) is 3.25. The molecule has 0 amide bonds. The Balaban J connectivity index is 0.00000164. The molecule has 0 unspecified atom stereocenters. The van der Waals surface area contributed by atoms with Crippen molar-refractivity contribution in [2.75, 3.05) is 7.11 Å². The zero-order valence-electron chi connectivity index (χ0n) is 21.3. The highest BCUT2D eigenvalue weighted by molar-refractivity contribution is 5.90. The number of fused-ring (bicyclic) bond motifs is 1. The lowest BCUT2D eigenvalue weighted by molar-refractivity contribution is -0.141. The fourth-order valence-electron chi connectivity index (χ4n) is 3.94. The third kappa shape index (κ3) is 5.15. The van der Waals surface area contributed by atoms with Crippen molar-refractivity contribution in [2.45, 2.75) is 33.5 Å². The second-order valence-corrected chi connectivity index (χ2v) is 8.20. The van der Waals surface area contributed by atoms with Gasteiger partial charge in [0, 0.05) is 11.8 Å². The molecule has 10 heteroatoms. The van der Waals surface area contributed by atoms with E-state index < -0.39 is 17.6 Å². The van der Waals surface area contributed by atoms with Crippen molar-refractivity contribution in [3.8, 4) is 28.4 Å². The van der Waals surface area contributed by atoms with Gasteiger partial charge in [-0.2, -0.15) is 22.6 Å². The first-order chi connectivity index (χ1) is 18.3. The number of methoxy groups -OCH3 is 1. The number of aromatic nitrogens is 5. The first-order valence-electron chi connectivity index (χ1n) is 12.0. The number of alkyl halides is 3. The van der Waals surface area contributed by atoms with Crippen molar-refractivity contribution in [3.63, 3.8) is 0 Å². The zero-order valence-corrected chi connectivity index (χ0v) is 21.3. The van der Waals surface area contributed by atoms with Crippen LogP contribution in [0.2, 0.25) is 0 Å². The van der Waals surface area contributed by atoms with Gasteiger partial charge in [0.05, 0.1) is 24.9 Å². The van der Waals surface area contributed by atoms with Crippen molar-refractivity contribution >= 4 is 5.65 Å². The molecule has 3 aromatic heterocycles. The lowest BCUT2D eigenvalue weighted by atomic mass is 9.99. The number of rotatable bonds is 5. The van der Waals surface area contributed by atoms with Crippen LogP contribution in [0.15, 0.2) is 77.7 Å². The van der Waals surface area contributed by atoms with Crippen molar-refractivity contribution < 1.29 is 17.9 Å². The van der Waals surface area contributed by atoms with E-state index in [2.05, 4.69) is 15.1 Å². The molecule has 38 heavy (non-hydrogen) atoms. The van der Waals surface area contributed by atoms with Crippen LogP contribution >= 0.6 is 0 Å². The first-order valence-corrected chi connectivity index (χ1v) is 12.0. The molecule has 0 fully saturated rings. The van der Waals surface area contributed by atoms with Crippen LogP contribution in [0.1, 0.15) is 30.7 Å². The molecule has 0 aliphatic heterocycles. The molecular weight excluding hydrogens is 495 g/mol. The molecule has 7 nitrogen and oxygen atoms in total. The lowest BCUT2D eigenvalue weighted by Gasteiger charge is -2.13. The first kappa shape index (κ1) is 26.6. The van der Waals surface area contributed by atoms with Crippen molar-refractivity contribution in [1.29, 1.82) is 0 Å². The Morgan fingerprint density at radius 2 is 1.61 bits per heavy atom. The minimum absolute atomic E-state index is 0.0436. The van der Waals surface area contributed by atoms with Crippen LogP contribution in [0, 0.1) is 6.92 Å². The molecule has 0 atom stereocenters. The number of ether oxygens (including phenoxy) is 1. The van der Waals surface area contributed by atoms with Crippen LogP contribution in [-0.4, -0.2) is 31.3 Å². The van der Waals surface area contributed by atoms with Gasteiger partial charge >= 0.3 is 17.9 Å². The zero-order chi connectivity index (χ0) is 27.4. The SMILES string of the molecule is CC.COc1nc(-c2ccc(C)cc2)c(-c2ccccc2)c2nn(Cc3ccc(C(F)(F)F)nc3)c(=O)n12. The number of pyridine rings is 1. The van der Waals surface area contributed by atoms with Gasteiger partial charge in [-0.1, -0.05) is 80.1 Å². The van der Waals surface area contributed by atoms with Crippen molar-refractivity contribution in [1.82, 2.24) is 24.1 Å². The summed E-state index contributed by atoms with van der Waals surface area (Å²) in [5.74, 6) is 0. The molecule has 0 spiro atoms. The minimum atomic E-state index is -4.55. The summed E-state index contributed by atoms with van der Waals surface area (Å²) in [6.45, 7) is 5.90. The Hall–Kier alpha value is -4.47. The van der Waals surface area contributed by atoms with E-state index in [0.29, 0.717) is 22.5 Å². The van der Waals surface area contributed by atoms with Crippen LogP contribution in [0.5, 0.6) is 6.01 Å². The van der Waals surface area contributed by atoms with Crippen molar-refractivity contribution in [3.05, 3.63) is 100 Å². The predicted molar refractivity (Wildman–Crippen MR) is 139 cm³/mol. The summed E-state index contributed by atoms with van der Waals surface area (Å²) in [6, 6.07) is 19.4. The molecular formula is C28H26F3N5O2. The van der Waals surface area contributed by atoms with Gasteiger partial charge in [0.25, 0.3) is 0 Å². The molecule has 0 aliphatic carbocycles. The predicted octanol–water partition coefficient (Wildman–Crippen LogP) is 6.03. The third-order valence-corrected chi connectivity index (χ3v) is 5.72. The molecule has 0 aliphatic rings. The van der Waals surface area contributed by atoms with Gasteiger partial charge in [0.2, 0.25) is 0 Å². The molecule has 2 aromatic carbocycles. The summed E-state index contributed by atoms with van der Waals surface area (Å²) < 4.78 is 46.5. The number of nitrogens with zero attached hydrogens (tertiary/aromatic N) is 5. The van der Waals surface area contributed by atoms with E-state index in [4.69, 9.17) is 4.74 Å². The van der Waals surface area contributed by atoms with Crippen LogP contribution in [0.25, 0.3) is 28.0 Å². The summed E-state index contributed by atoms with van der Waals surface area (Å²) in [5, 5.41) is 4.56. The van der Waals surface area contributed by atoms with Gasteiger partial charge in [-0.3, -0.25) is 4.98 Å². The normalized spacial score (nSPS) is 11.2. The van der Waals surface area contributed by atoms with Crippen LogP contribution < -0.4 is 10.4 Å². The Morgan fingerprint density at radius 1 is 0.921 bits per heavy atom. The highest BCUT2D eigenvalue weighted by Crippen LogP contribution is 2.35. The van der Waals surface area contributed by atoms with E-state index >= 15 is 0 Å². The monoisotopic (exact) mass is 521 g/mol.